The van der Waals surface area contributed by atoms with Crippen molar-refractivity contribution in [2.24, 2.45) is 0 Å². The van der Waals surface area contributed by atoms with Crippen LogP contribution >= 0.6 is 0 Å². The summed E-state index contributed by atoms with van der Waals surface area (Å²) in [5.74, 6) is -0.205. The smallest absolute Gasteiger partial charge is 0.220 e. The van der Waals surface area contributed by atoms with Gasteiger partial charge in [0.25, 0.3) is 0 Å². The molecule has 9 heteroatoms. The predicted octanol–water partition coefficient (Wildman–Crippen LogP) is 8.83. The van der Waals surface area contributed by atoms with Crippen LogP contribution < -0.4 is 5.32 Å². The number of carbonyl (C=O) groups excluding carboxylic acids is 1. The van der Waals surface area contributed by atoms with Gasteiger partial charge in [-0.05, 0) is 71.1 Å². The first-order valence-corrected chi connectivity index (χ1v) is 22.0. The summed E-state index contributed by atoms with van der Waals surface area (Å²) in [7, 11) is 0. The zero-order chi connectivity index (χ0) is 40.2. The molecule has 0 aliphatic carbocycles. The summed E-state index contributed by atoms with van der Waals surface area (Å²) in [5.41, 5.74) is 0. The summed E-state index contributed by atoms with van der Waals surface area (Å²) in [4.78, 5) is 12.9. The highest BCUT2D eigenvalue weighted by Crippen LogP contribution is 2.22. The number of ether oxygens (including phenoxy) is 2. The van der Waals surface area contributed by atoms with Crippen molar-refractivity contribution in [3.63, 3.8) is 0 Å². The molecule has 1 saturated heterocycles. The third-order valence-electron chi connectivity index (χ3n) is 10.1. The van der Waals surface area contributed by atoms with Gasteiger partial charge in [0.1, 0.15) is 24.4 Å². The Morgan fingerprint density at radius 3 is 1.73 bits per heavy atom. The Balaban J connectivity index is 2.29. The lowest BCUT2D eigenvalue weighted by Gasteiger charge is -2.40. The molecular weight excluding hydrogens is 695 g/mol. The van der Waals surface area contributed by atoms with Gasteiger partial charge in [-0.25, -0.2) is 0 Å². The maximum Gasteiger partial charge on any atom is 0.220 e. The maximum absolute atomic E-state index is 12.9. The van der Waals surface area contributed by atoms with E-state index in [1.807, 2.05) is 19.1 Å². The lowest BCUT2D eigenvalue weighted by molar-refractivity contribution is -0.302. The summed E-state index contributed by atoms with van der Waals surface area (Å²) < 4.78 is 11.1. The minimum absolute atomic E-state index is 0.205. The second-order valence-electron chi connectivity index (χ2n) is 15.1. The topological polar surface area (TPSA) is 149 Å². The number of allylic oxidation sites excluding steroid dienone is 9. The van der Waals surface area contributed by atoms with E-state index < -0.39 is 49.5 Å². The van der Waals surface area contributed by atoms with Gasteiger partial charge in [-0.15, -0.1) is 0 Å². The molecule has 1 amide bonds. The van der Waals surface area contributed by atoms with E-state index >= 15 is 0 Å². The molecule has 0 aromatic heterocycles. The van der Waals surface area contributed by atoms with Crippen LogP contribution in [0.2, 0.25) is 0 Å². The summed E-state index contributed by atoms with van der Waals surface area (Å²) in [6.45, 7) is 3.49. The van der Waals surface area contributed by atoms with E-state index in [-0.39, 0.29) is 12.5 Å². The van der Waals surface area contributed by atoms with E-state index in [2.05, 4.69) is 54.8 Å². The second kappa shape index (κ2) is 36.2. The van der Waals surface area contributed by atoms with Crippen molar-refractivity contribution in [1.29, 1.82) is 0 Å². The quantitative estimate of drug-likeness (QED) is 0.0277. The van der Waals surface area contributed by atoms with Crippen molar-refractivity contribution >= 4 is 5.91 Å². The number of carbonyl (C=O) groups is 1. The van der Waals surface area contributed by atoms with Crippen molar-refractivity contribution in [3.8, 4) is 0 Å². The normalized spacial score (nSPS) is 21.9. The molecule has 1 aliphatic heterocycles. The van der Waals surface area contributed by atoms with Crippen LogP contribution in [0.15, 0.2) is 60.8 Å². The van der Waals surface area contributed by atoms with Crippen LogP contribution in [0.1, 0.15) is 168 Å². The average molecular weight is 776 g/mol. The van der Waals surface area contributed by atoms with Crippen molar-refractivity contribution in [1.82, 2.24) is 5.32 Å². The molecule has 0 aromatic rings. The number of hydrogen-bond donors (Lipinski definition) is 6. The summed E-state index contributed by atoms with van der Waals surface area (Å²) in [6.07, 6.45) is 40.1. The van der Waals surface area contributed by atoms with E-state index in [0.29, 0.717) is 6.42 Å². The fourth-order valence-corrected chi connectivity index (χ4v) is 6.58. The van der Waals surface area contributed by atoms with Crippen LogP contribution in [0.5, 0.6) is 0 Å². The van der Waals surface area contributed by atoms with Gasteiger partial charge < -0.3 is 40.3 Å². The van der Waals surface area contributed by atoms with Crippen LogP contribution in [-0.2, 0) is 14.3 Å². The Morgan fingerprint density at radius 1 is 0.655 bits per heavy atom. The van der Waals surface area contributed by atoms with Crippen LogP contribution in [0, 0.1) is 0 Å². The van der Waals surface area contributed by atoms with Gasteiger partial charge >= 0.3 is 0 Å². The highest BCUT2D eigenvalue weighted by Gasteiger charge is 2.44. The van der Waals surface area contributed by atoms with Gasteiger partial charge in [0.2, 0.25) is 5.91 Å². The predicted molar refractivity (Wildman–Crippen MR) is 226 cm³/mol. The number of rotatable bonds is 35. The molecule has 7 atom stereocenters. The molecule has 1 heterocycles. The third-order valence-corrected chi connectivity index (χ3v) is 10.1. The Morgan fingerprint density at radius 2 is 1.16 bits per heavy atom. The Labute approximate surface area is 335 Å². The van der Waals surface area contributed by atoms with Crippen LogP contribution in [0.3, 0.4) is 0 Å². The van der Waals surface area contributed by atoms with E-state index in [9.17, 15) is 30.3 Å². The van der Waals surface area contributed by atoms with Crippen LogP contribution in [0.4, 0.5) is 0 Å². The van der Waals surface area contributed by atoms with Crippen molar-refractivity contribution in [2.45, 2.75) is 211 Å². The average Bonchev–Trinajstić information content (AvgIpc) is 3.18. The van der Waals surface area contributed by atoms with Crippen LogP contribution in [0.25, 0.3) is 0 Å². The molecule has 0 spiro atoms. The minimum Gasteiger partial charge on any atom is -0.394 e. The van der Waals surface area contributed by atoms with Crippen molar-refractivity contribution in [3.05, 3.63) is 60.8 Å². The SMILES string of the molecule is C/C=C/CC/C=C/CC/C=C/C(O)C(COC1OC(CO)C(O)C(O)C1O)NC(=O)CCCCCCCCC/C=C\C/C=C\CCCCCCCCCCC. The molecule has 0 radical (unpaired) electrons. The van der Waals surface area contributed by atoms with Crippen LogP contribution in [-0.4, -0.2) is 87.5 Å². The molecule has 1 rings (SSSR count). The van der Waals surface area contributed by atoms with E-state index in [1.165, 1.54) is 83.5 Å². The van der Waals surface area contributed by atoms with Gasteiger partial charge in [0.15, 0.2) is 6.29 Å². The standard InChI is InChI=1S/C46H81NO8/c1-3-5-7-9-11-13-14-15-16-17-18-19-20-21-22-23-24-25-26-28-30-32-34-36-42(50)47-39(40(49)35-33-31-29-27-12-10-8-6-4-2)38-54-46-45(53)44(52)43(51)41(37-48)55-46/h4,6,12,18-19,21-22,27,33,35,39-41,43-46,48-49,51-53H,3,5,7-11,13-17,20,23-26,28-32,34,36-38H2,1-2H3,(H,47,50)/b6-4+,19-18-,22-21-,27-12+,35-33+. The van der Waals surface area contributed by atoms with Crippen molar-refractivity contribution in [2.75, 3.05) is 13.2 Å². The van der Waals surface area contributed by atoms with Crippen molar-refractivity contribution < 1.29 is 39.8 Å². The lowest BCUT2D eigenvalue weighted by atomic mass is 9.99. The molecular formula is C46H81NO8. The number of nitrogens with one attached hydrogen (secondary N) is 1. The first-order valence-electron chi connectivity index (χ1n) is 22.0. The van der Waals surface area contributed by atoms with Gasteiger partial charge in [0.05, 0.1) is 25.4 Å². The maximum atomic E-state index is 12.9. The Bertz CT molecular complexity index is 1040. The summed E-state index contributed by atoms with van der Waals surface area (Å²) in [6, 6.07) is -0.831. The molecule has 9 nitrogen and oxygen atoms in total. The number of hydrogen-bond acceptors (Lipinski definition) is 8. The fourth-order valence-electron chi connectivity index (χ4n) is 6.58. The van der Waals surface area contributed by atoms with E-state index in [0.717, 1.165) is 64.2 Å². The second-order valence-corrected chi connectivity index (χ2v) is 15.1. The molecule has 6 N–H and O–H groups in total. The highest BCUT2D eigenvalue weighted by atomic mass is 16.7. The minimum atomic E-state index is -1.58. The Kier molecular flexibility index (Phi) is 33.5. The summed E-state index contributed by atoms with van der Waals surface area (Å²) >= 11 is 0. The third kappa shape index (κ3) is 27.2. The molecule has 1 fully saturated rings. The van der Waals surface area contributed by atoms with E-state index in [4.69, 9.17) is 9.47 Å². The zero-order valence-electron chi connectivity index (χ0n) is 34.7. The number of aliphatic hydroxyl groups excluding tert-OH is 5. The summed E-state index contributed by atoms with van der Waals surface area (Å²) in [5, 5.41) is 53.9. The number of aliphatic hydroxyl groups is 5. The van der Waals surface area contributed by atoms with Gasteiger partial charge in [-0.1, -0.05) is 151 Å². The zero-order valence-corrected chi connectivity index (χ0v) is 34.7. The Hall–Kier alpha value is -2.11. The monoisotopic (exact) mass is 776 g/mol. The van der Waals surface area contributed by atoms with E-state index in [1.54, 1.807) is 6.08 Å². The number of amides is 1. The number of unbranched alkanes of at least 4 members (excludes halogenated alkanes) is 18. The van der Waals surface area contributed by atoms with Gasteiger partial charge in [-0.3, -0.25) is 4.79 Å². The molecule has 0 bridgehead atoms. The first-order chi connectivity index (χ1) is 26.8. The van der Waals surface area contributed by atoms with Gasteiger partial charge in [0, 0.05) is 6.42 Å². The first kappa shape index (κ1) is 50.9. The molecule has 1 aliphatic rings. The lowest BCUT2D eigenvalue weighted by Crippen LogP contribution is -2.60. The molecule has 0 saturated carbocycles. The molecule has 55 heavy (non-hydrogen) atoms. The molecule has 0 aromatic carbocycles. The largest absolute Gasteiger partial charge is 0.394 e. The molecule has 7 unspecified atom stereocenters. The molecule has 318 valence electrons. The highest BCUT2D eigenvalue weighted by molar-refractivity contribution is 5.76. The fraction of sp³-hybridized carbons (Fsp3) is 0.761. The van der Waals surface area contributed by atoms with Gasteiger partial charge in [-0.2, -0.15) is 0 Å².